The van der Waals surface area contributed by atoms with E-state index in [9.17, 15) is 24.1 Å². The number of nitro benzene ring substituents is 1. The van der Waals surface area contributed by atoms with E-state index in [1.165, 1.54) is 48.5 Å². The largest absolute Gasteiger partial charge is 0.366 e. The number of amides is 2. The molecule has 1 unspecified atom stereocenters. The lowest BCUT2D eigenvalue weighted by Crippen LogP contribution is -2.39. The summed E-state index contributed by atoms with van der Waals surface area (Å²) in [4.78, 5) is 40.2. The quantitative estimate of drug-likeness (QED) is 0.436. The van der Waals surface area contributed by atoms with Gasteiger partial charge in [0.05, 0.1) is 16.2 Å². The van der Waals surface area contributed by atoms with Crippen molar-refractivity contribution in [3.05, 3.63) is 75.7 Å². The molecular formula is C22H20FN3O4. The SMILES string of the molecule is CC1CCCN(C2=C(c3ccc([N+](=O)[O-])cc3)C(=O)N(c3ccc(F)cc3)C2=O)C1. The maximum absolute atomic E-state index is 13.4. The van der Waals surface area contributed by atoms with Crippen molar-refractivity contribution in [2.24, 2.45) is 5.92 Å². The molecule has 2 heterocycles. The molecule has 0 N–H and O–H groups in total. The van der Waals surface area contributed by atoms with Crippen LogP contribution in [-0.4, -0.2) is 34.7 Å². The summed E-state index contributed by atoms with van der Waals surface area (Å²) in [5.74, 6) is -1.08. The molecule has 4 rings (SSSR count). The molecule has 2 aliphatic heterocycles. The van der Waals surface area contributed by atoms with E-state index in [4.69, 9.17) is 0 Å². The van der Waals surface area contributed by atoms with E-state index in [0.717, 1.165) is 17.7 Å². The fourth-order valence-electron chi connectivity index (χ4n) is 4.04. The first-order valence-electron chi connectivity index (χ1n) is 9.75. The summed E-state index contributed by atoms with van der Waals surface area (Å²) in [6.07, 6.45) is 1.94. The van der Waals surface area contributed by atoms with E-state index in [0.29, 0.717) is 30.3 Å². The van der Waals surface area contributed by atoms with Gasteiger partial charge in [-0.25, -0.2) is 9.29 Å². The number of imide groups is 1. The number of rotatable bonds is 4. The summed E-state index contributed by atoms with van der Waals surface area (Å²) in [5.41, 5.74) is 1.14. The Morgan fingerprint density at radius 3 is 2.30 bits per heavy atom. The molecule has 2 amide bonds. The highest BCUT2D eigenvalue weighted by atomic mass is 19.1. The van der Waals surface area contributed by atoms with Crippen LogP contribution < -0.4 is 4.90 Å². The number of hydrogen-bond donors (Lipinski definition) is 0. The summed E-state index contributed by atoms with van der Waals surface area (Å²) >= 11 is 0. The molecule has 1 fully saturated rings. The number of likely N-dealkylation sites (tertiary alicyclic amines) is 1. The van der Waals surface area contributed by atoms with Crippen LogP contribution in [0.2, 0.25) is 0 Å². The van der Waals surface area contributed by atoms with Crippen LogP contribution in [0.5, 0.6) is 0 Å². The average molecular weight is 409 g/mol. The van der Waals surface area contributed by atoms with Crippen LogP contribution >= 0.6 is 0 Å². The molecule has 0 radical (unpaired) electrons. The molecular weight excluding hydrogens is 389 g/mol. The fourth-order valence-corrected chi connectivity index (χ4v) is 4.04. The molecule has 8 heteroatoms. The molecule has 2 aromatic rings. The minimum Gasteiger partial charge on any atom is -0.366 e. The lowest BCUT2D eigenvalue weighted by Gasteiger charge is -2.33. The van der Waals surface area contributed by atoms with Gasteiger partial charge in [-0.05, 0) is 60.7 Å². The van der Waals surface area contributed by atoms with Gasteiger partial charge in [-0.1, -0.05) is 6.92 Å². The highest BCUT2D eigenvalue weighted by Gasteiger charge is 2.43. The Balaban J connectivity index is 1.81. The van der Waals surface area contributed by atoms with Gasteiger partial charge < -0.3 is 4.90 Å². The number of nitro groups is 1. The zero-order valence-corrected chi connectivity index (χ0v) is 16.4. The molecule has 7 nitrogen and oxygen atoms in total. The smallest absolute Gasteiger partial charge is 0.282 e. The number of nitrogens with zero attached hydrogens (tertiary/aromatic N) is 3. The van der Waals surface area contributed by atoms with Gasteiger partial charge >= 0.3 is 0 Å². The van der Waals surface area contributed by atoms with Crippen molar-refractivity contribution in [3.8, 4) is 0 Å². The third kappa shape index (κ3) is 3.45. The van der Waals surface area contributed by atoms with Gasteiger partial charge in [0.25, 0.3) is 17.5 Å². The average Bonchev–Trinajstić information content (AvgIpc) is 2.99. The van der Waals surface area contributed by atoms with Gasteiger partial charge in [0.15, 0.2) is 0 Å². The molecule has 1 atom stereocenters. The van der Waals surface area contributed by atoms with Crippen molar-refractivity contribution in [1.82, 2.24) is 4.90 Å². The second kappa shape index (κ2) is 7.70. The van der Waals surface area contributed by atoms with E-state index in [1.54, 1.807) is 0 Å². The monoisotopic (exact) mass is 409 g/mol. The van der Waals surface area contributed by atoms with Crippen molar-refractivity contribution in [2.45, 2.75) is 19.8 Å². The number of benzene rings is 2. The van der Waals surface area contributed by atoms with Crippen LogP contribution in [-0.2, 0) is 9.59 Å². The molecule has 2 aromatic carbocycles. The van der Waals surface area contributed by atoms with Gasteiger partial charge in [0, 0.05) is 25.2 Å². The molecule has 0 aromatic heterocycles. The van der Waals surface area contributed by atoms with E-state index < -0.39 is 22.6 Å². The summed E-state index contributed by atoms with van der Waals surface area (Å²) in [7, 11) is 0. The van der Waals surface area contributed by atoms with Crippen molar-refractivity contribution in [3.63, 3.8) is 0 Å². The van der Waals surface area contributed by atoms with Crippen LogP contribution in [0, 0.1) is 21.8 Å². The highest BCUT2D eigenvalue weighted by molar-refractivity contribution is 6.45. The van der Waals surface area contributed by atoms with Crippen molar-refractivity contribution >= 4 is 28.8 Å². The number of non-ortho nitro benzene ring substituents is 1. The minimum absolute atomic E-state index is 0.0975. The van der Waals surface area contributed by atoms with E-state index in [2.05, 4.69) is 6.92 Å². The Bertz CT molecular complexity index is 1050. The summed E-state index contributed by atoms with van der Waals surface area (Å²) in [6.45, 7) is 3.38. The first-order valence-corrected chi connectivity index (χ1v) is 9.75. The molecule has 30 heavy (non-hydrogen) atoms. The Labute approximate surface area is 172 Å². The first kappa shape index (κ1) is 19.8. The predicted molar refractivity (Wildman–Crippen MR) is 109 cm³/mol. The Morgan fingerprint density at radius 1 is 1.03 bits per heavy atom. The minimum atomic E-state index is -0.520. The second-order valence-electron chi connectivity index (χ2n) is 7.64. The van der Waals surface area contributed by atoms with E-state index >= 15 is 0 Å². The third-order valence-corrected chi connectivity index (χ3v) is 5.48. The van der Waals surface area contributed by atoms with Crippen LogP contribution in [0.4, 0.5) is 15.8 Å². The molecule has 0 bridgehead atoms. The van der Waals surface area contributed by atoms with Crippen LogP contribution in [0.3, 0.4) is 0 Å². The third-order valence-electron chi connectivity index (χ3n) is 5.48. The topological polar surface area (TPSA) is 83.8 Å². The molecule has 2 aliphatic rings. The van der Waals surface area contributed by atoms with Crippen LogP contribution in [0.25, 0.3) is 5.57 Å². The van der Waals surface area contributed by atoms with Gasteiger partial charge in [0.2, 0.25) is 0 Å². The Morgan fingerprint density at radius 2 is 1.70 bits per heavy atom. The number of halogens is 1. The molecule has 0 aliphatic carbocycles. The number of anilines is 1. The van der Waals surface area contributed by atoms with Crippen molar-refractivity contribution in [1.29, 1.82) is 0 Å². The number of carbonyl (C=O) groups excluding carboxylic acids is 2. The summed E-state index contributed by atoms with van der Waals surface area (Å²) in [5, 5.41) is 11.0. The maximum Gasteiger partial charge on any atom is 0.282 e. The molecule has 1 saturated heterocycles. The number of carbonyl (C=O) groups is 2. The molecule has 154 valence electrons. The predicted octanol–water partition coefficient (Wildman–Crippen LogP) is 3.75. The van der Waals surface area contributed by atoms with Gasteiger partial charge in [-0.2, -0.15) is 0 Å². The van der Waals surface area contributed by atoms with Crippen LogP contribution in [0.15, 0.2) is 54.2 Å². The Kier molecular flexibility index (Phi) is 5.07. The van der Waals surface area contributed by atoms with Gasteiger partial charge in [-0.15, -0.1) is 0 Å². The second-order valence-corrected chi connectivity index (χ2v) is 7.64. The maximum atomic E-state index is 13.4. The van der Waals surface area contributed by atoms with Crippen molar-refractivity contribution < 1.29 is 18.9 Å². The molecule has 0 saturated carbocycles. The van der Waals surface area contributed by atoms with Crippen LogP contribution in [0.1, 0.15) is 25.3 Å². The fraction of sp³-hybridized carbons (Fsp3) is 0.273. The van der Waals surface area contributed by atoms with E-state index in [1.807, 2.05) is 4.90 Å². The lowest BCUT2D eigenvalue weighted by molar-refractivity contribution is -0.384. The summed E-state index contributed by atoms with van der Waals surface area (Å²) in [6, 6.07) is 10.8. The van der Waals surface area contributed by atoms with Gasteiger partial charge in [-0.3, -0.25) is 19.7 Å². The zero-order valence-electron chi connectivity index (χ0n) is 16.4. The number of piperidine rings is 1. The first-order chi connectivity index (χ1) is 14.4. The zero-order chi connectivity index (χ0) is 21.4. The standard InChI is InChI=1S/C22H20FN3O4/c1-14-3-2-12-24(13-14)20-19(15-4-8-18(9-5-15)26(29)30)21(27)25(22(20)28)17-10-6-16(23)7-11-17/h4-11,14H,2-3,12-13H2,1H3. The van der Waals surface area contributed by atoms with E-state index in [-0.39, 0.29) is 16.9 Å². The summed E-state index contributed by atoms with van der Waals surface area (Å²) < 4.78 is 13.4. The van der Waals surface area contributed by atoms with Crippen molar-refractivity contribution in [2.75, 3.05) is 18.0 Å². The normalized spacial score (nSPS) is 19.6. The number of hydrogen-bond acceptors (Lipinski definition) is 5. The van der Waals surface area contributed by atoms with Gasteiger partial charge in [0.1, 0.15) is 11.5 Å². The molecule has 0 spiro atoms. The lowest BCUT2D eigenvalue weighted by atomic mass is 9.97. The highest BCUT2D eigenvalue weighted by Crippen LogP contribution is 2.36. The Hall–Kier alpha value is -3.55.